The summed E-state index contributed by atoms with van der Waals surface area (Å²) in [4.78, 5) is 16.3. The van der Waals surface area contributed by atoms with E-state index in [2.05, 4.69) is 16.8 Å². The van der Waals surface area contributed by atoms with Crippen LogP contribution in [-0.2, 0) is 4.79 Å². The molecule has 0 bridgehead atoms. The highest BCUT2D eigenvalue weighted by atomic mass is 16.1. The van der Waals surface area contributed by atoms with Gasteiger partial charge in [0.1, 0.15) is 0 Å². The van der Waals surface area contributed by atoms with E-state index < -0.39 is 0 Å². The lowest BCUT2D eigenvalue weighted by Gasteiger charge is -2.31. The van der Waals surface area contributed by atoms with Crippen molar-refractivity contribution in [2.45, 2.75) is 44.6 Å². The van der Waals surface area contributed by atoms with E-state index in [4.69, 9.17) is 5.73 Å². The van der Waals surface area contributed by atoms with Crippen molar-refractivity contribution in [1.82, 2.24) is 9.80 Å². The monoisotopic (exact) mass is 253 g/mol. The smallest absolute Gasteiger partial charge is 0.223 e. The molecular weight excluding hydrogens is 226 g/mol. The molecule has 2 rings (SSSR count). The summed E-state index contributed by atoms with van der Waals surface area (Å²) in [6.45, 7) is 3.83. The fourth-order valence-electron chi connectivity index (χ4n) is 3.33. The second kappa shape index (κ2) is 6.53. The van der Waals surface area contributed by atoms with Crippen LogP contribution in [0.15, 0.2) is 0 Å². The normalized spacial score (nSPS) is 29.7. The van der Waals surface area contributed by atoms with Crippen molar-refractivity contribution in [3.8, 4) is 0 Å². The fraction of sp³-hybridized carbons (Fsp3) is 0.929. The van der Waals surface area contributed by atoms with Gasteiger partial charge >= 0.3 is 0 Å². The van der Waals surface area contributed by atoms with Gasteiger partial charge in [0.25, 0.3) is 0 Å². The molecule has 1 heterocycles. The van der Waals surface area contributed by atoms with Gasteiger partial charge in [0, 0.05) is 32.2 Å². The maximum atomic E-state index is 11.5. The highest BCUT2D eigenvalue weighted by Gasteiger charge is 2.29. The summed E-state index contributed by atoms with van der Waals surface area (Å²) >= 11 is 0. The van der Waals surface area contributed by atoms with Crippen molar-refractivity contribution in [3.05, 3.63) is 0 Å². The largest absolute Gasteiger partial charge is 0.369 e. The van der Waals surface area contributed by atoms with Gasteiger partial charge in [-0.1, -0.05) is 25.7 Å². The summed E-state index contributed by atoms with van der Waals surface area (Å²) < 4.78 is 0. The molecule has 1 unspecified atom stereocenters. The average Bonchev–Trinajstić information content (AvgIpc) is 2.69. The lowest BCUT2D eigenvalue weighted by molar-refractivity contribution is -0.122. The molecule has 4 heteroatoms. The maximum Gasteiger partial charge on any atom is 0.223 e. The molecule has 1 saturated heterocycles. The van der Waals surface area contributed by atoms with E-state index in [1.165, 1.54) is 38.5 Å². The Morgan fingerprint density at radius 1 is 1.06 bits per heavy atom. The molecule has 2 N–H and O–H groups in total. The highest BCUT2D eigenvalue weighted by Crippen LogP contribution is 2.23. The topological polar surface area (TPSA) is 49.6 Å². The van der Waals surface area contributed by atoms with E-state index in [1.54, 1.807) is 0 Å². The molecule has 104 valence electrons. The van der Waals surface area contributed by atoms with E-state index in [0.717, 1.165) is 26.2 Å². The van der Waals surface area contributed by atoms with Gasteiger partial charge in [-0.3, -0.25) is 9.69 Å². The van der Waals surface area contributed by atoms with E-state index in [9.17, 15) is 4.79 Å². The highest BCUT2D eigenvalue weighted by molar-refractivity contribution is 5.77. The summed E-state index contributed by atoms with van der Waals surface area (Å²) in [5, 5.41) is 0. The van der Waals surface area contributed by atoms with Crippen LogP contribution in [0.25, 0.3) is 0 Å². The predicted molar refractivity (Wildman–Crippen MR) is 73.2 cm³/mol. The zero-order valence-corrected chi connectivity index (χ0v) is 11.6. The van der Waals surface area contributed by atoms with Crippen molar-refractivity contribution in [2.24, 2.45) is 11.7 Å². The second-order valence-corrected chi connectivity index (χ2v) is 6.00. The molecule has 2 fully saturated rings. The number of amides is 1. The maximum absolute atomic E-state index is 11.5. The molecule has 1 aliphatic carbocycles. The third-order valence-corrected chi connectivity index (χ3v) is 4.50. The Morgan fingerprint density at radius 2 is 1.72 bits per heavy atom. The molecule has 1 aliphatic heterocycles. The van der Waals surface area contributed by atoms with Gasteiger partial charge in [0.2, 0.25) is 5.91 Å². The Labute approximate surface area is 110 Å². The van der Waals surface area contributed by atoms with Gasteiger partial charge in [-0.15, -0.1) is 0 Å². The van der Waals surface area contributed by atoms with Crippen LogP contribution in [0.5, 0.6) is 0 Å². The van der Waals surface area contributed by atoms with Gasteiger partial charge in [-0.2, -0.15) is 0 Å². The molecule has 2 aliphatic rings. The first-order valence-electron chi connectivity index (χ1n) is 7.38. The van der Waals surface area contributed by atoms with Crippen LogP contribution < -0.4 is 5.73 Å². The molecule has 0 aromatic carbocycles. The van der Waals surface area contributed by atoms with Crippen LogP contribution in [0.2, 0.25) is 0 Å². The lowest BCUT2D eigenvalue weighted by Crippen LogP contribution is -2.42. The number of likely N-dealkylation sites (N-methyl/N-ethyl adjacent to an activating group) is 1. The number of carbonyl (C=O) groups is 1. The van der Waals surface area contributed by atoms with Gasteiger partial charge in [-0.05, 0) is 19.9 Å². The fourth-order valence-corrected chi connectivity index (χ4v) is 3.33. The molecule has 0 aromatic rings. The van der Waals surface area contributed by atoms with Crippen molar-refractivity contribution >= 4 is 5.91 Å². The molecule has 18 heavy (non-hydrogen) atoms. The summed E-state index contributed by atoms with van der Waals surface area (Å²) in [6.07, 6.45) is 8.05. The van der Waals surface area contributed by atoms with Gasteiger partial charge < -0.3 is 10.6 Å². The Balaban J connectivity index is 1.99. The number of hydrogen-bond acceptors (Lipinski definition) is 3. The number of rotatable bonds is 2. The van der Waals surface area contributed by atoms with Gasteiger partial charge in [0.15, 0.2) is 0 Å². The Hall–Kier alpha value is -0.610. The first-order chi connectivity index (χ1) is 8.66. The summed E-state index contributed by atoms with van der Waals surface area (Å²) in [6, 6.07) is 0.681. The number of nitrogens with zero attached hydrogens (tertiary/aromatic N) is 2. The van der Waals surface area contributed by atoms with Crippen LogP contribution in [-0.4, -0.2) is 55.0 Å². The molecule has 0 spiro atoms. The molecule has 1 atom stereocenters. The average molecular weight is 253 g/mol. The molecule has 1 amide bonds. The number of nitrogens with two attached hydrogens (primary N) is 1. The van der Waals surface area contributed by atoms with E-state index >= 15 is 0 Å². The number of carbonyl (C=O) groups excluding carboxylic acids is 1. The van der Waals surface area contributed by atoms with Crippen LogP contribution in [0, 0.1) is 5.92 Å². The molecule has 1 saturated carbocycles. The first kappa shape index (κ1) is 13.8. The number of hydrogen-bond donors (Lipinski definition) is 1. The molecular formula is C14H27N3O. The van der Waals surface area contributed by atoms with E-state index in [-0.39, 0.29) is 11.8 Å². The Morgan fingerprint density at radius 3 is 2.33 bits per heavy atom. The third kappa shape index (κ3) is 3.69. The van der Waals surface area contributed by atoms with Crippen LogP contribution in [0.4, 0.5) is 0 Å². The first-order valence-corrected chi connectivity index (χ1v) is 7.38. The quantitative estimate of drug-likeness (QED) is 0.749. The van der Waals surface area contributed by atoms with Gasteiger partial charge in [0.05, 0.1) is 5.92 Å². The third-order valence-electron chi connectivity index (χ3n) is 4.50. The minimum Gasteiger partial charge on any atom is -0.369 e. The molecule has 0 radical (unpaired) electrons. The Kier molecular flexibility index (Phi) is 5.01. The number of primary amides is 1. The van der Waals surface area contributed by atoms with Crippen LogP contribution in [0.1, 0.15) is 38.5 Å². The standard InChI is InChI=1S/C14H27N3O/c1-16-8-9-17(11-12(10-16)14(15)18)13-6-4-2-3-5-7-13/h12-13H,2-11H2,1H3,(H2,15,18). The predicted octanol–water partition coefficient (Wildman–Crippen LogP) is 1.06. The van der Waals surface area contributed by atoms with E-state index in [0.29, 0.717) is 6.04 Å². The SMILES string of the molecule is CN1CCN(C2CCCCCC2)CC(C(N)=O)C1. The van der Waals surface area contributed by atoms with E-state index in [1.807, 2.05) is 0 Å². The van der Waals surface area contributed by atoms with Crippen molar-refractivity contribution < 1.29 is 4.79 Å². The van der Waals surface area contributed by atoms with Gasteiger partial charge in [-0.25, -0.2) is 0 Å². The van der Waals surface area contributed by atoms with Crippen molar-refractivity contribution in [1.29, 1.82) is 0 Å². The van der Waals surface area contributed by atoms with Crippen molar-refractivity contribution in [2.75, 3.05) is 33.2 Å². The Bertz CT molecular complexity index is 274. The zero-order valence-electron chi connectivity index (χ0n) is 11.6. The molecule has 4 nitrogen and oxygen atoms in total. The summed E-state index contributed by atoms with van der Waals surface area (Å²) in [5.74, 6) is -0.136. The van der Waals surface area contributed by atoms with Crippen LogP contribution in [0.3, 0.4) is 0 Å². The second-order valence-electron chi connectivity index (χ2n) is 6.00. The summed E-state index contributed by atoms with van der Waals surface area (Å²) in [5.41, 5.74) is 5.53. The minimum absolute atomic E-state index is 0.000697. The van der Waals surface area contributed by atoms with Crippen LogP contribution >= 0.6 is 0 Å². The summed E-state index contributed by atoms with van der Waals surface area (Å²) in [7, 11) is 2.09. The zero-order chi connectivity index (χ0) is 13.0. The molecule has 0 aromatic heterocycles. The minimum atomic E-state index is -0.137. The lowest BCUT2D eigenvalue weighted by atomic mass is 10.0. The van der Waals surface area contributed by atoms with Crippen molar-refractivity contribution in [3.63, 3.8) is 0 Å².